The van der Waals surface area contributed by atoms with Crippen molar-refractivity contribution < 1.29 is 0 Å². The molecule has 5 nitrogen and oxygen atoms in total. The first-order valence-corrected chi connectivity index (χ1v) is 8.03. The minimum atomic E-state index is 0.0623. The summed E-state index contributed by atoms with van der Waals surface area (Å²) in [5, 5.41) is 1.74. The van der Waals surface area contributed by atoms with Crippen molar-refractivity contribution in [1.82, 2.24) is 14.5 Å². The average Bonchev–Trinajstić information content (AvgIpc) is 3.13. The van der Waals surface area contributed by atoms with E-state index in [0.29, 0.717) is 5.02 Å². The van der Waals surface area contributed by atoms with E-state index in [9.17, 15) is 0 Å². The van der Waals surface area contributed by atoms with E-state index in [4.69, 9.17) is 17.3 Å². The smallest absolute Gasteiger partial charge is 0.0946 e. The molecule has 2 N–H and O–H groups in total. The molecule has 23 heavy (non-hydrogen) atoms. The predicted octanol–water partition coefficient (Wildman–Crippen LogP) is 2.55. The summed E-state index contributed by atoms with van der Waals surface area (Å²) in [5.74, 6) is 0.235. The summed E-state index contributed by atoms with van der Waals surface area (Å²) in [6, 6.07) is 7.98. The average molecular weight is 328 g/mol. The molecule has 3 heterocycles. The Bertz CT molecular complexity index is 859. The van der Waals surface area contributed by atoms with Crippen LogP contribution in [-0.2, 0) is 7.05 Å². The normalized spacial score (nSPS) is 21.3. The van der Waals surface area contributed by atoms with Gasteiger partial charge in [0.2, 0.25) is 0 Å². The van der Waals surface area contributed by atoms with Gasteiger partial charge in [0.1, 0.15) is 0 Å². The fourth-order valence-electron chi connectivity index (χ4n) is 3.36. The summed E-state index contributed by atoms with van der Waals surface area (Å²) in [5.41, 5.74) is 9.41. The number of halogens is 1. The number of hydrogen-bond donors (Lipinski definition) is 1. The van der Waals surface area contributed by atoms with Crippen molar-refractivity contribution >= 4 is 28.2 Å². The van der Waals surface area contributed by atoms with Crippen molar-refractivity contribution in [2.24, 2.45) is 12.8 Å². The quantitative estimate of drug-likeness (QED) is 0.786. The SMILES string of the molecule is Cn1cnc([C@@H]2CN(c3ccnc4c(Cl)cccc34)C[C@H]2N)c1. The number of rotatable bonds is 2. The summed E-state index contributed by atoms with van der Waals surface area (Å²) < 4.78 is 1.96. The van der Waals surface area contributed by atoms with E-state index in [1.54, 1.807) is 0 Å². The summed E-state index contributed by atoms with van der Waals surface area (Å²) in [6.45, 7) is 1.65. The first-order chi connectivity index (χ1) is 11.1. The molecule has 3 aromatic rings. The van der Waals surface area contributed by atoms with E-state index in [-0.39, 0.29) is 12.0 Å². The van der Waals surface area contributed by atoms with Gasteiger partial charge in [-0.3, -0.25) is 4.98 Å². The minimum absolute atomic E-state index is 0.0623. The Balaban J connectivity index is 1.71. The summed E-state index contributed by atoms with van der Waals surface area (Å²) in [7, 11) is 1.98. The number of fused-ring (bicyclic) bond motifs is 1. The second-order valence-electron chi connectivity index (χ2n) is 6.11. The second-order valence-corrected chi connectivity index (χ2v) is 6.51. The third kappa shape index (κ3) is 2.46. The number of aromatic nitrogens is 3. The highest BCUT2D eigenvalue weighted by atomic mass is 35.5. The maximum atomic E-state index is 6.39. The van der Waals surface area contributed by atoms with Gasteiger partial charge in [-0.15, -0.1) is 0 Å². The van der Waals surface area contributed by atoms with Gasteiger partial charge in [0.05, 0.1) is 22.6 Å². The Kier molecular flexibility index (Phi) is 3.47. The zero-order chi connectivity index (χ0) is 16.0. The van der Waals surface area contributed by atoms with Gasteiger partial charge in [-0.1, -0.05) is 23.7 Å². The monoisotopic (exact) mass is 327 g/mol. The molecular weight excluding hydrogens is 310 g/mol. The van der Waals surface area contributed by atoms with Crippen LogP contribution in [0.2, 0.25) is 5.02 Å². The fourth-order valence-corrected chi connectivity index (χ4v) is 3.59. The Morgan fingerprint density at radius 2 is 2.09 bits per heavy atom. The van der Waals surface area contributed by atoms with E-state index in [2.05, 4.69) is 27.1 Å². The molecule has 2 atom stereocenters. The molecule has 0 amide bonds. The van der Waals surface area contributed by atoms with Crippen molar-refractivity contribution in [1.29, 1.82) is 0 Å². The molecule has 0 bridgehead atoms. The summed E-state index contributed by atoms with van der Waals surface area (Å²) in [6.07, 6.45) is 5.69. The first-order valence-electron chi connectivity index (χ1n) is 7.65. The number of anilines is 1. The number of nitrogens with two attached hydrogens (primary N) is 1. The van der Waals surface area contributed by atoms with Crippen LogP contribution in [0.5, 0.6) is 0 Å². The molecule has 4 rings (SSSR count). The maximum absolute atomic E-state index is 6.39. The second kappa shape index (κ2) is 5.51. The van der Waals surface area contributed by atoms with Crippen LogP contribution in [0.25, 0.3) is 10.9 Å². The van der Waals surface area contributed by atoms with Gasteiger partial charge < -0.3 is 15.2 Å². The number of nitrogens with zero attached hydrogens (tertiary/aromatic N) is 4. The lowest BCUT2D eigenvalue weighted by molar-refractivity contribution is 0.639. The number of aryl methyl sites for hydroxylation is 1. The molecule has 1 aliphatic heterocycles. The summed E-state index contributed by atoms with van der Waals surface area (Å²) in [4.78, 5) is 11.2. The number of pyridine rings is 1. The van der Waals surface area contributed by atoms with Gasteiger partial charge >= 0.3 is 0 Å². The third-order valence-electron chi connectivity index (χ3n) is 4.51. The number of benzene rings is 1. The molecule has 0 saturated carbocycles. The Labute approximate surface area is 139 Å². The van der Waals surface area contributed by atoms with Crippen LogP contribution in [0, 0.1) is 0 Å². The Hall–Kier alpha value is -2.11. The van der Waals surface area contributed by atoms with Gasteiger partial charge in [-0.05, 0) is 12.1 Å². The number of imidazole rings is 1. The molecule has 118 valence electrons. The minimum Gasteiger partial charge on any atom is -0.369 e. The van der Waals surface area contributed by atoms with Crippen LogP contribution in [0.15, 0.2) is 43.0 Å². The van der Waals surface area contributed by atoms with E-state index in [1.165, 1.54) is 0 Å². The molecule has 1 aliphatic rings. The standard InChI is InChI=1S/C17H18ClN5/c1-22-9-15(21-10-22)12-7-23(8-14(12)19)16-5-6-20-17-11(16)3-2-4-13(17)18/h2-6,9-10,12,14H,7-8,19H2,1H3/t12-,14-/m1/s1. The zero-order valence-electron chi connectivity index (χ0n) is 12.9. The van der Waals surface area contributed by atoms with Crippen LogP contribution >= 0.6 is 11.6 Å². The van der Waals surface area contributed by atoms with Crippen molar-refractivity contribution in [3.05, 3.63) is 53.7 Å². The largest absolute Gasteiger partial charge is 0.369 e. The van der Waals surface area contributed by atoms with Crippen molar-refractivity contribution in [3.8, 4) is 0 Å². The van der Waals surface area contributed by atoms with Crippen molar-refractivity contribution in [2.75, 3.05) is 18.0 Å². The van der Waals surface area contributed by atoms with Crippen LogP contribution < -0.4 is 10.6 Å². The van der Waals surface area contributed by atoms with Crippen LogP contribution in [0.1, 0.15) is 11.6 Å². The van der Waals surface area contributed by atoms with Gasteiger partial charge in [-0.25, -0.2) is 4.98 Å². The van der Waals surface area contributed by atoms with E-state index in [0.717, 1.165) is 35.4 Å². The van der Waals surface area contributed by atoms with Gasteiger partial charge in [0.25, 0.3) is 0 Å². The predicted molar refractivity (Wildman–Crippen MR) is 92.9 cm³/mol. The lowest BCUT2D eigenvalue weighted by Crippen LogP contribution is -2.28. The first kappa shape index (κ1) is 14.5. The molecular formula is C17H18ClN5. The third-order valence-corrected chi connectivity index (χ3v) is 4.81. The van der Waals surface area contributed by atoms with Gasteiger partial charge in [-0.2, -0.15) is 0 Å². The highest BCUT2D eigenvalue weighted by molar-refractivity contribution is 6.35. The Morgan fingerprint density at radius 1 is 1.22 bits per heavy atom. The highest BCUT2D eigenvalue weighted by Gasteiger charge is 2.33. The van der Waals surface area contributed by atoms with E-state index >= 15 is 0 Å². The van der Waals surface area contributed by atoms with Gasteiger partial charge in [0.15, 0.2) is 0 Å². The molecule has 0 radical (unpaired) electrons. The molecule has 1 saturated heterocycles. The fraction of sp³-hybridized carbons (Fsp3) is 0.294. The van der Waals surface area contributed by atoms with Crippen LogP contribution in [0.4, 0.5) is 5.69 Å². The van der Waals surface area contributed by atoms with Gasteiger partial charge in [0, 0.05) is 55.6 Å². The lowest BCUT2D eigenvalue weighted by Gasteiger charge is -2.20. The van der Waals surface area contributed by atoms with Crippen LogP contribution in [-0.4, -0.2) is 33.7 Å². The molecule has 0 aliphatic carbocycles. The topological polar surface area (TPSA) is 60.0 Å². The molecule has 1 fully saturated rings. The molecule has 0 spiro atoms. The highest BCUT2D eigenvalue weighted by Crippen LogP contribution is 2.34. The number of hydrogen-bond acceptors (Lipinski definition) is 4. The summed E-state index contributed by atoms with van der Waals surface area (Å²) >= 11 is 6.27. The van der Waals surface area contributed by atoms with Crippen LogP contribution in [0.3, 0.4) is 0 Å². The van der Waals surface area contributed by atoms with E-state index in [1.807, 2.05) is 42.3 Å². The molecule has 2 aromatic heterocycles. The van der Waals surface area contributed by atoms with Crippen molar-refractivity contribution in [2.45, 2.75) is 12.0 Å². The zero-order valence-corrected chi connectivity index (χ0v) is 13.6. The maximum Gasteiger partial charge on any atom is 0.0946 e. The molecule has 6 heteroatoms. The van der Waals surface area contributed by atoms with Crippen molar-refractivity contribution in [3.63, 3.8) is 0 Å². The molecule has 0 unspecified atom stereocenters. The Morgan fingerprint density at radius 3 is 2.87 bits per heavy atom. The van der Waals surface area contributed by atoms with E-state index < -0.39 is 0 Å². The molecule has 1 aromatic carbocycles. The number of para-hydroxylation sites is 1. The lowest BCUT2D eigenvalue weighted by atomic mass is 10.0.